The van der Waals surface area contributed by atoms with Gasteiger partial charge in [-0.25, -0.2) is 10.9 Å². The molecule has 1 fully saturated rings. The summed E-state index contributed by atoms with van der Waals surface area (Å²) in [5, 5.41) is 28.1. The minimum Gasteiger partial charge on any atom is -0.761 e. The van der Waals surface area contributed by atoms with E-state index in [1.807, 2.05) is 5.87 Å². The van der Waals surface area contributed by atoms with Gasteiger partial charge in [-0.3, -0.25) is 20.9 Å². The molecular weight excluding hydrogens is 224 g/mol. The average Bonchev–Trinajstić information content (AvgIpc) is 2.70. The number of nitrogens with zero attached hydrogens (tertiary/aromatic N) is 3. The second-order valence-corrected chi connectivity index (χ2v) is 3.18. The maximum atomic E-state index is 10.5. The van der Waals surface area contributed by atoms with Crippen LogP contribution in [0.3, 0.4) is 0 Å². The van der Waals surface area contributed by atoms with Gasteiger partial charge in [0.05, 0.1) is 10.6 Å². The number of nitro benzene ring substituents is 1. The van der Waals surface area contributed by atoms with Crippen molar-refractivity contribution >= 4 is 23.1 Å². The van der Waals surface area contributed by atoms with Crippen molar-refractivity contribution in [2.75, 3.05) is 5.01 Å². The largest absolute Gasteiger partial charge is 0.761 e. The van der Waals surface area contributed by atoms with Gasteiger partial charge in [0, 0.05) is 12.1 Å². The van der Waals surface area contributed by atoms with Gasteiger partial charge in [0.2, 0.25) is 0 Å². The Labute approximate surface area is 95.7 Å². The van der Waals surface area contributed by atoms with Crippen molar-refractivity contribution in [3.63, 3.8) is 0 Å². The molecule has 1 aliphatic rings. The van der Waals surface area contributed by atoms with Gasteiger partial charge in [-0.1, -0.05) is 0 Å². The Balaban J connectivity index is 2.27. The summed E-state index contributed by atoms with van der Waals surface area (Å²) in [5.41, 5.74) is 5.70. The topological polar surface area (TPSA) is 117 Å². The molecule has 1 saturated heterocycles. The van der Waals surface area contributed by atoms with Gasteiger partial charge < -0.3 is 5.41 Å². The van der Waals surface area contributed by atoms with Crippen molar-refractivity contribution < 1.29 is 4.92 Å². The fourth-order valence-corrected chi connectivity index (χ4v) is 1.34. The molecule has 8 nitrogen and oxygen atoms in total. The summed E-state index contributed by atoms with van der Waals surface area (Å²) in [6, 6.07) is 5.63. The highest BCUT2D eigenvalue weighted by atomic mass is 16.6. The predicted molar refractivity (Wildman–Crippen MR) is 61.5 cm³/mol. The first-order valence-corrected chi connectivity index (χ1v) is 4.55. The fourth-order valence-electron chi connectivity index (χ4n) is 1.34. The molecule has 0 spiro atoms. The van der Waals surface area contributed by atoms with Crippen molar-refractivity contribution in [1.29, 1.82) is 5.41 Å². The summed E-state index contributed by atoms with van der Waals surface area (Å²) in [6.45, 7) is 0. The Kier molecular flexibility index (Phi) is 2.57. The first-order chi connectivity index (χ1) is 8.13. The molecule has 0 atom stereocenters. The fraction of sp³-hybridized carbons (Fsp3) is 0. The van der Waals surface area contributed by atoms with E-state index in [0.717, 1.165) is 0 Å². The van der Waals surface area contributed by atoms with Crippen LogP contribution in [0.15, 0.2) is 30.0 Å². The lowest BCUT2D eigenvalue weighted by Gasteiger charge is -2.15. The minimum absolute atomic E-state index is 0.0306. The maximum absolute atomic E-state index is 10.5. The number of hydrazine groups is 2. The molecule has 0 aliphatic carbocycles. The number of hydrogen-bond donors (Lipinski definition) is 3. The third-order valence-corrected chi connectivity index (χ3v) is 2.18. The number of hydrogen-bond acceptors (Lipinski definition) is 5. The first kappa shape index (κ1) is 10.8. The van der Waals surface area contributed by atoms with Crippen LogP contribution in [0.25, 0.3) is 5.41 Å². The van der Waals surface area contributed by atoms with E-state index < -0.39 is 4.92 Å². The molecule has 0 amide bonds. The van der Waals surface area contributed by atoms with Crippen LogP contribution < -0.4 is 16.0 Å². The van der Waals surface area contributed by atoms with Crippen LogP contribution in [-0.2, 0) is 0 Å². The van der Waals surface area contributed by atoms with E-state index in [1.54, 1.807) is 0 Å². The first-order valence-electron chi connectivity index (χ1n) is 4.55. The molecule has 0 unspecified atom stereocenters. The molecule has 3 N–H and O–H groups in total. The summed E-state index contributed by atoms with van der Waals surface area (Å²) < 4.78 is 0. The van der Waals surface area contributed by atoms with Crippen molar-refractivity contribution in [3.8, 4) is 0 Å². The van der Waals surface area contributed by atoms with E-state index in [-0.39, 0.29) is 17.2 Å². The Morgan fingerprint density at radius 1 is 1.41 bits per heavy atom. The van der Waals surface area contributed by atoms with E-state index in [9.17, 15) is 10.1 Å². The Morgan fingerprint density at radius 3 is 2.53 bits per heavy atom. The monoisotopic (exact) mass is 231 g/mol. The second-order valence-electron chi connectivity index (χ2n) is 3.18. The highest BCUT2D eigenvalue weighted by Crippen LogP contribution is 2.20. The smallest absolute Gasteiger partial charge is 0.269 e. The minimum atomic E-state index is -0.502. The summed E-state index contributed by atoms with van der Waals surface area (Å²) in [4.78, 5) is 9.97. The Morgan fingerprint density at radius 2 is 2.06 bits per heavy atom. The van der Waals surface area contributed by atoms with E-state index in [2.05, 4.69) is 11.0 Å². The molecule has 1 aromatic rings. The third kappa shape index (κ3) is 1.85. The van der Waals surface area contributed by atoms with Gasteiger partial charge in [0.1, 0.15) is 5.70 Å². The zero-order valence-electron chi connectivity index (χ0n) is 8.47. The lowest BCUT2D eigenvalue weighted by atomic mass is 10.2. The van der Waals surface area contributed by atoms with E-state index in [4.69, 9.17) is 10.8 Å². The van der Waals surface area contributed by atoms with Crippen LogP contribution in [0.1, 0.15) is 0 Å². The van der Waals surface area contributed by atoms with Crippen LogP contribution in [-0.4, -0.2) is 16.6 Å². The van der Waals surface area contributed by atoms with Crippen molar-refractivity contribution in [1.82, 2.24) is 11.0 Å². The standard InChI is InChI=1S/C9H7N6O2/c10-5-8-9(11)14(13-12-8)6-1-3-7(4-2-6)15(16)17/h1-4,11-13H/q-1. The molecule has 17 heavy (non-hydrogen) atoms. The third-order valence-electron chi connectivity index (χ3n) is 2.18. The van der Waals surface area contributed by atoms with E-state index in [0.29, 0.717) is 5.69 Å². The molecule has 86 valence electrons. The SMILES string of the molecule is [N-]=C=C1NNN(c2ccc([N+](=O)[O-])cc2)C1=N. The molecule has 1 heterocycles. The number of rotatable bonds is 2. The summed E-state index contributed by atoms with van der Waals surface area (Å²) >= 11 is 0. The molecule has 0 aromatic heterocycles. The lowest BCUT2D eigenvalue weighted by molar-refractivity contribution is -0.384. The van der Waals surface area contributed by atoms with Gasteiger partial charge in [0.25, 0.3) is 5.69 Å². The van der Waals surface area contributed by atoms with Crippen molar-refractivity contribution in [2.45, 2.75) is 0 Å². The quantitative estimate of drug-likeness (QED) is 0.390. The zero-order valence-corrected chi connectivity index (χ0v) is 8.47. The van der Waals surface area contributed by atoms with Crippen LogP contribution >= 0.6 is 0 Å². The number of benzene rings is 1. The highest BCUT2D eigenvalue weighted by Gasteiger charge is 2.22. The maximum Gasteiger partial charge on any atom is 0.269 e. The Bertz CT molecular complexity index is 531. The van der Waals surface area contributed by atoms with Crippen molar-refractivity contribution in [3.05, 3.63) is 45.5 Å². The number of amidine groups is 1. The highest BCUT2D eigenvalue weighted by molar-refractivity contribution is 6.13. The average molecular weight is 231 g/mol. The number of nitro groups is 1. The second kappa shape index (κ2) is 4.05. The van der Waals surface area contributed by atoms with Crippen LogP contribution in [0.2, 0.25) is 0 Å². The summed E-state index contributed by atoms with van der Waals surface area (Å²) in [7, 11) is 0. The van der Waals surface area contributed by atoms with Gasteiger partial charge in [-0.15, -0.1) is 5.53 Å². The van der Waals surface area contributed by atoms with Crippen LogP contribution in [0, 0.1) is 15.5 Å². The summed E-state index contributed by atoms with van der Waals surface area (Å²) in [5.74, 6) is 1.77. The molecule has 0 saturated carbocycles. The molecule has 1 aliphatic heterocycles. The number of non-ortho nitro benzene ring substituents is 1. The van der Waals surface area contributed by atoms with Gasteiger partial charge in [0.15, 0.2) is 5.84 Å². The van der Waals surface area contributed by atoms with Gasteiger partial charge >= 0.3 is 0 Å². The summed E-state index contributed by atoms with van der Waals surface area (Å²) in [6.07, 6.45) is 0. The Hall–Kier alpha value is -2.70. The lowest BCUT2D eigenvalue weighted by Crippen LogP contribution is -2.37. The van der Waals surface area contributed by atoms with E-state index in [1.165, 1.54) is 29.3 Å². The van der Waals surface area contributed by atoms with E-state index >= 15 is 0 Å². The predicted octanol–water partition coefficient (Wildman–Crippen LogP) is 0.524. The molecule has 0 radical (unpaired) electrons. The molecule has 8 heteroatoms. The normalized spacial score (nSPS) is 14.5. The molecule has 0 bridgehead atoms. The van der Waals surface area contributed by atoms with Gasteiger partial charge in [-0.2, -0.15) is 0 Å². The molecule has 2 rings (SSSR count). The van der Waals surface area contributed by atoms with Crippen molar-refractivity contribution in [2.24, 2.45) is 0 Å². The molecular formula is C9H7N6O2-. The molecule has 1 aromatic carbocycles. The van der Waals surface area contributed by atoms with Gasteiger partial charge in [-0.05, 0) is 12.1 Å². The van der Waals surface area contributed by atoms with Crippen LogP contribution in [0.4, 0.5) is 11.4 Å². The zero-order chi connectivity index (χ0) is 12.4. The van der Waals surface area contributed by atoms with Crippen LogP contribution in [0.5, 0.6) is 0 Å². The number of nitrogens with one attached hydrogen (secondary N) is 3. The number of anilines is 1.